The minimum absolute atomic E-state index is 0.127. The average Bonchev–Trinajstić information content (AvgIpc) is 3.08. The molecular formula is C25H32Cl2N2O3. The first-order chi connectivity index (χ1) is 15.3. The normalized spacial score (nSPS) is 37.5. The highest BCUT2D eigenvalue weighted by atomic mass is 35.5. The first kappa shape index (κ1) is 22.5. The number of benzene rings is 1. The van der Waals surface area contributed by atoms with Gasteiger partial charge in [-0.25, -0.2) is 0 Å². The summed E-state index contributed by atoms with van der Waals surface area (Å²) in [5.41, 5.74) is 2.10. The second-order valence-electron chi connectivity index (χ2n) is 10.2. The summed E-state index contributed by atoms with van der Waals surface area (Å²) in [5.74, 6) is -0.122. The van der Waals surface area contributed by atoms with E-state index in [1.807, 2.05) is 18.2 Å². The molecule has 5 rings (SSSR count). The summed E-state index contributed by atoms with van der Waals surface area (Å²) in [6.07, 6.45) is 4.46. The topological polar surface area (TPSA) is 53.0 Å². The van der Waals surface area contributed by atoms with Gasteiger partial charge in [-0.05, 0) is 37.0 Å². The molecule has 0 aromatic heterocycles. The number of carbonyl (C=O) groups excluding carboxylic acids is 1. The number of ether oxygens (including phenoxy) is 1. The van der Waals surface area contributed by atoms with E-state index in [9.17, 15) is 9.90 Å². The maximum absolute atomic E-state index is 12.9. The van der Waals surface area contributed by atoms with E-state index in [0.717, 1.165) is 51.1 Å². The number of aliphatic hydroxyl groups excluding tert-OH is 1. The van der Waals surface area contributed by atoms with Gasteiger partial charge in [0.05, 0.1) is 22.1 Å². The van der Waals surface area contributed by atoms with Gasteiger partial charge in [-0.2, -0.15) is 0 Å². The second kappa shape index (κ2) is 8.50. The van der Waals surface area contributed by atoms with Crippen molar-refractivity contribution in [2.75, 3.05) is 37.6 Å². The van der Waals surface area contributed by atoms with E-state index in [0.29, 0.717) is 22.5 Å². The number of hydrogen-bond acceptors (Lipinski definition) is 5. The van der Waals surface area contributed by atoms with Crippen LogP contribution in [0.2, 0.25) is 10.0 Å². The lowest BCUT2D eigenvalue weighted by molar-refractivity contribution is -0.145. The van der Waals surface area contributed by atoms with Crippen LogP contribution in [-0.2, 0) is 9.53 Å². The van der Waals surface area contributed by atoms with Gasteiger partial charge in [0.2, 0.25) is 0 Å². The molecule has 7 heteroatoms. The number of anilines is 1. The lowest BCUT2D eigenvalue weighted by atomic mass is 9.55. The van der Waals surface area contributed by atoms with Crippen LogP contribution in [-0.4, -0.2) is 60.9 Å². The first-order valence-electron chi connectivity index (χ1n) is 11.8. The van der Waals surface area contributed by atoms with E-state index in [1.54, 1.807) is 0 Å². The summed E-state index contributed by atoms with van der Waals surface area (Å²) >= 11 is 12.2. The fraction of sp³-hybridized carbons (Fsp3) is 0.640. The Morgan fingerprint density at radius 1 is 1.19 bits per heavy atom. The zero-order chi connectivity index (χ0) is 22.6. The molecule has 6 atom stereocenters. The largest absolute Gasteiger partial charge is 0.461 e. The van der Waals surface area contributed by atoms with Crippen molar-refractivity contribution in [3.8, 4) is 0 Å². The summed E-state index contributed by atoms with van der Waals surface area (Å²) in [6, 6.07) is 5.74. The van der Waals surface area contributed by atoms with Crippen LogP contribution in [0, 0.1) is 23.2 Å². The van der Waals surface area contributed by atoms with Gasteiger partial charge < -0.3 is 14.7 Å². The second-order valence-corrected chi connectivity index (χ2v) is 11.0. The van der Waals surface area contributed by atoms with Crippen molar-refractivity contribution >= 4 is 34.9 Å². The molecule has 4 aliphatic rings. The predicted molar refractivity (Wildman–Crippen MR) is 127 cm³/mol. The molecule has 1 N–H and O–H groups in total. The summed E-state index contributed by atoms with van der Waals surface area (Å²) < 4.78 is 5.83. The van der Waals surface area contributed by atoms with Crippen molar-refractivity contribution in [3.05, 3.63) is 39.9 Å². The number of fused-ring (bicyclic) bond motifs is 2. The SMILES string of the molecule is C[C@H]1CCC=C2C[C@H]3OC(=O)[C@H](CN4CCN(c5ccc(Cl)c(Cl)c5)CC4)[C@@H]3[C@@H](O)[C@@]21C. The number of rotatable bonds is 3. The van der Waals surface area contributed by atoms with Crippen LogP contribution >= 0.6 is 23.2 Å². The van der Waals surface area contributed by atoms with Gasteiger partial charge in [0.15, 0.2) is 0 Å². The Balaban J connectivity index is 1.27. The van der Waals surface area contributed by atoms with Gasteiger partial charge in [-0.3, -0.25) is 9.69 Å². The number of aliphatic hydroxyl groups is 1. The molecule has 2 saturated heterocycles. The van der Waals surface area contributed by atoms with Gasteiger partial charge in [0, 0.05) is 56.2 Å². The summed E-state index contributed by atoms with van der Waals surface area (Å²) in [5, 5.41) is 12.7. The number of hydrogen-bond donors (Lipinski definition) is 1. The molecule has 32 heavy (non-hydrogen) atoms. The minimum atomic E-state index is -0.545. The van der Waals surface area contributed by atoms with Crippen molar-refractivity contribution < 1.29 is 14.6 Å². The number of nitrogens with zero attached hydrogens (tertiary/aromatic N) is 2. The first-order valence-corrected chi connectivity index (χ1v) is 12.5. The van der Waals surface area contributed by atoms with Gasteiger partial charge in [-0.1, -0.05) is 48.7 Å². The summed E-state index contributed by atoms with van der Waals surface area (Å²) in [7, 11) is 0. The maximum Gasteiger partial charge on any atom is 0.311 e. The highest BCUT2D eigenvalue weighted by molar-refractivity contribution is 6.42. The fourth-order valence-electron chi connectivity index (χ4n) is 6.42. The Labute approximate surface area is 200 Å². The molecule has 0 radical (unpaired) electrons. The number of piperazine rings is 1. The van der Waals surface area contributed by atoms with Gasteiger partial charge in [0.25, 0.3) is 0 Å². The van der Waals surface area contributed by atoms with E-state index in [4.69, 9.17) is 27.9 Å². The molecular weight excluding hydrogens is 447 g/mol. The molecule has 174 valence electrons. The Bertz CT molecular complexity index is 930. The van der Waals surface area contributed by atoms with Crippen LogP contribution in [0.3, 0.4) is 0 Å². The molecule has 1 aromatic carbocycles. The third-order valence-corrected chi connectivity index (χ3v) is 9.40. The molecule has 2 heterocycles. The average molecular weight is 479 g/mol. The Morgan fingerprint density at radius 3 is 2.66 bits per heavy atom. The van der Waals surface area contributed by atoms with E-state index >= 15 is 0 Å². The molecule has 0 amide bonds. The summed E-state index contributed by atoms with van der Waals surface area (Å²) in [6.45, 7) is 8.52. The van der Waals surface area contributed by atoms with Crippen molar-refractivity contribution in [3.63, 3.8) is 0 Å². The van der Waals surface area contributed by atoms with Gasteiger partial charge in [0.1, 0.15) is 6.10 Å². The Hall–Kier alpha value is -1.27. The molecule has 0 spiro atoms. The molecule has 0 unspecified atom stereocenters. The maximum atomic E-state index is 12.9. The van der Waals surface area contributed by atoms with E-state index < -0.39 is 6.10 Å². The van der Waals surface area contributed by atoms with E-state index in [2.05, 4.69) is 29.7 Å². The highest BCUT2D eigenvalue weighted by Crippen LogP contribution is 2.56. The lowest BCUT2D eigenvalue weighted by Gasteiger charge is -2.52. The highest BCUT2D eigenvalue weighted by Gasteiger charge is 2.59. The number of halogens is 2. The molecule has 2 aliphatic heterocycles. The molecule has 0 bridgehead atoms. The van der Waals surface area contributed by atoms with Crippen molar-refractivity contribution in [2.45, 2.75) is 45.3 Å². The number of esters is 1. The van der Waals surface area contributed by atoms with Crippen molar-refractivity contribution in [1.82, 2.24) is 4.90 Å². The lowest BCUT2D eigenvalue weighted by Crippen LogP contribution is -2.55. The smallest absolute Gasteiger partial charge is 0.311 e. The fourth-order valence-corrected chi connectivity index (χ4v) is 6.71. The van der Waals surface area contributed by atoms with Crippen LogP contribution < -0.4 is 4.90 Å². The van der Waals surface area contributed by atoms with E-state index in [1.165, 1.54) is 5.57 Å². The number of carbonyl (C=O) groups is 1. The molecule has 5 nitrogen and oxygen atoms in total. The third kappa shape index (κ3) is 3.66. The van der Waals surface area contributed by atoms with Crippen molar-refractivity contribution in [2.24, 2.45) is 23.2 Å². The quantitative estimate of drug-likeness (QED) is 0.515. The van der Waals surface area contributed by atoms with E-state index in [-0.39, 0.29) is 29.3 Å². The van der Waals surface area contributed by atoms with Crippen molar-refractivity contribution in [1.29, 1.82) is 0 Å². The molecule has 1 saturated carbocycles. The monoisotopic (exact) mass is 478 g/mol. The molecule has 2 aliphatic carbocycles. The Kier molecular flexibility index (Phi) is 5.98. The zero-order valence-electron chi connectivity index (χ0n) is 18.8. The standard InChI is InChI=1S/C25H32Cl2N2O3/c1-15-4-3-5-16-12-21-22(23(30)25(15,16)2)18(24(31)32-21)14-28-8-10-29(11-9-28)17-6-7-19(26)20(27)13-17/h5-7,13,15,18,21-23,30H,3-4,8-12,14H2,1-2H3/t15-,18+,21+,22-,23+,25+/m0/s1. The minimum Gasteiger partial charge on any atom is -0.461 e. The van der Waals surface area contributed by atoms with Gasteiger partial charge >= 0.3 is 5.97 Å². The van der Waals surface area contributed by atoms with Crippen LogP contribution in [0.4, 0.5) is 5.69 Å². The van der Waals surface area contributed by atoms with Crippen LogP contribution in [0.1, 0.15) is 33.1 Å². The Morgan fingerprint density at radius 2 is 1.94 bits per heavy atom. The number of allylic oxidation sites excluding steroid dienone is 1. The summed E-state index contributed by atoms with van der Waals surface area (Å²) in [4.78, 5) is 17.5. The third-order valence-electron chi connectivity index (χ3n) is 8.67. The van der Waals surface area contributed by atoms with Crippen LogP contribution in [0.25, 0.3) is 0 Å². The molecule has 1 aromatic rings. The molecule has 3 fully saturated rings. The van der Waals surface area contributed by atoms with Gasteiger partial charge in [-0.15, -0.1) is 0 Å². The van der Waals surface area contributed by atoms with Crippen LogP contribution in [0.15, 0.2) is 29.8 Å². The zero-order valence-corrected chi connectivity index (χ0v) is 20.3. The predicted octanol–water partition coefficient (Wildman–Crippen LogP) is 4.40. The van der Waals surface area contributed by atoms with Crippen LogP contribution in [0.5, 0.6) is 0 Å².